The summed E-state index contributed by atoms with van der Waals surface area (Å²) in [6.45, 7) is 9.38. The molecule has 5 nitrogen and oxygen atoms in total. The summed E-state index contributed by atoms with van der Waals surface area (Å²) < 4.78 is 0. The second kappa shape index (κ2) is 8.90. The molecule has 1 saturated heterocycles. The lowest BCUT2D eigenvalue weighted by Gasteiger charge is -2.35. The van der Waals surface area contributed by atoms with E-state index in [9.17, 15) is 0 Å². The minimum atomic E-state index is 0.783. The van der Waals surface area contributed by atoms with Crippen molar-refractivity contribution in [3.8, 4) is 0 Å². The van der Waals surface area contributed by atoms with Gasteiger partial charge in [-0.15, -0.1) is 0 Å². The molecule has 1 heterocycles. The molecule has 0 atom stereocenters. The van der Waals surface area contributed by atoms with E-state index < -0.39 is 0 Å². The smallest absolute Gasteiger partial charge is 0.0987 e. The van der Waals surface area contributed by atoms with Gasteiger partial charge in [0.05, 0.1) is 5.82 Å². The van der Waals surface area contributed by atoms with Gasteiger partial charge in [0.25, 0.3) is 0 Å². The zero-order chi connectivity index (χ0) is 13.3. The third kappa shape index (κ3) is 6.19. The number of hydrogen-bond acceptors (Lipinski definition) is 5. The molecule has 0 spiro atoms. The molecule has 1 fully saturated rings. The van der Waals surface area contributed by atoms with Gasteiger partial charge >= 0.3 is 0 Å². The van der Waals surface area contributed by atoms with Gasteiger partial charge in [-0.3, -0.25) is 0 Å². The normalized spacial score (nSPS) is 18.7. The Balaban J connectivity index is 0.00000121. The van der Waals surface area contributed by atoms with Gasteiger partial charge in [-0.2, -0.15) is 0 Å². The van der Waals surface area contributed by atoms with E-state index in [1.807, 2.05) is 19.1 Å². The molecule has 0 saturated carbocycles. The van der Waals surface area contributed by atoms with Crippen molar-refractivity contribution in [3.63, 3.8) is 0 Å². The molecule has 0 amide bonds. The lowest BCUT2D eigenvalue weighted by molar-refractivity contribution is 0.164. The largest absolute Gasteiger partial charge is 0.402 e. The van der Waals surface area contributed by atoms with Gasteiger partial charge in [0.2, 0.25) is 0 Å². The number of rotatable bonds is 3. The molecule has 100 valence electrons. The van der Waals surface area contributed by atoms with E-state index in [1.54, 1.807) is 0 Å². The molecule has 0 aliphatic carbocycles. The quantitative estimate of drug-likeness (QED) is 0.602. The van der Waals surface area contributed by atoms with E-state index in [2.05, 4.69) is 16.7 Å². The lowest BCUT2D eigenvalue weighted by atomic mass is 10.3. The summed E-state index contributed by atoms with van der Waals surface area (Å²) in [5.74, 6) is 0.815. The number of nitrogens with zero attached hydrogens (tertiary/aromatic N) is 2. The lowest BCUT2D eigenvalue weighted by Crippen LogP contribution is -2.46. The van der Waals surface area contributed by atoms with Crippen molar-refractivity contribution in [1.82, 2.24) is 9.80 Å². The molecular weight excluding hydrogens is 216 g/mol. The van der Waals surface area contributed by atoms with Gasteiger partial charge in [-0.1, -0.05) is 6.92 Å². The van der Waals surface area contributed by atoms with Gasteiger partial charge in [0, 0.05) is 39.0 Å². The van der Waals surface area contributed by atoms with Crippen LogP contribution in [0.3, 0.4) is 0 Å². The highest BCUT2D eigenvalue weighted by atomic mass is 16.2. The van der Waals surface area contributed by atoms with Crippen LogP contribution in [0, 0.1) is 0 Å². The van der Waals surface area contributed by atoms with Crippen LogP contribution in [0.5, 0.6) is 0 Å². The molecule has 0 bridgehead atoms. The molecule has 5 heteroatoms. The van der Waals surface area contributed by atoms with Crippen LogP contribution in [0.25, 0.3) is 0 Å². The Labute approximate surface area is 104 Å². The maximum absolute atomic E-state index is 7.00. The van der Waals surface area contributed by atoms with Gasteiger partial charge in [-0.05, 0) is 25.6 Å². The van der Waals surface area contributed by atoms with Gasteiger partial charge in [0.1, 0.15) is 0 Å². The zero-order valence-electron chi connectivity index (χ0n) is 11.2. The molecule has 1 rings (SSSR count). The van der Waals surface area contributed by atoms with Crippen LogP contribution < -0.4 is 11.5 Å². The van der Waals surface area contributed by atoms with Crippen LogP contribution in [0.15, 0.2) is 23.7 Å². The summed E-state index contributed by atoms with van der Waals surface area (Å²) in [5.41, 5.74) is 12.3. The minimum Gasteiger partial charge on any atom is -0.402 e. The predicted octanol–water partition coefficient (Wildman–Crippen LogP) is -0.105. The van der Waals surface area contributed by atoms with E-state index >= 15 is 0 Å². The molecule has 0 aromatic carbocycles. The molecule has 0 aromatic heterocycles. The second-order valence-corrected chi connectivity index (χ2v) is 3.92. The summed E-state index contributed by atoms with van der Waals surface area (Å²) in [4.78, 5) is 4.62. The van der Waals surface area contributed by atoms with Gasteiger partial charge in [-0.25, -0.2) is 0 Å². The van der Waals surface area contributed by atoms with E-state index in [0.717, 1.165) is 51.4 Å². The molecule has 17 heavy (non-hydrogen) atoms. The fourth-order valence-corrected chi connectivity index (χ4v) is 1.64. The Morgan fingerprint density at radius 1 is 1.12 bits per heavy atom. The first-order valence-electron chi connectivity index (χ1n) is 5.95. The van der Waals surface area contributed by atoms with Crippen molar-refractivity contribution >= 4 is 0 Å². The molecule has 0 radical (unpaired) electrons. The van der Waals surface area contributed by atoms with E-state index in [1.165, 1.54) is 0 Å². The van der Waals surface area contributed by atoms with Gasteiger partial charge < -0.3 is 26.4 Å². The Morgan fingerprint density at radius 2 is 1.65 bits per heavy atom. The molecule has 1 aliphatic heterocycles. The number of nitrogens with two attached hydrogens (primary N) is 2. The van der Waals surface area contributed by atoms with Crippen molar-refractivity contribution < 1.29 is 5.11 Å². The summed E-state index contributed by atoms with van der Waals surface area (Å²) in [6.07, 6.45) is 3.73. The first-order chi connectivity index (χ1) is 8.13. The maximum atomic E-state index is 7.00. The van der Waals surface area contributed by atoms with E-state index in [0.29, 0.717) is 0 Å². The van der Waals surface area contributed by atoms with Crippen molar-refractivity contribution in [2.45, 2.75) is 13.8 Å². The molecule has 5 N–H and O–H groups in total. The van der Waals surface area contributed by atoms with Crippen molar-refractivity contribution in [2.75, 3.05) is 39.8 Å². The van der Waals surface area contributed by atoms with Crippen LogP contribution >= 0.6 is 0 Å². The second-order valence-electron chi connectivity index (χ2n) is 3.92. The number of piperazine rings is 1. The van der Waals surface area contributed by atoms with Crippen molar-refractivity contribution in [2.24, 2.45) is 11.5 Å². The highest BCUT2D eigenvalue weighted by Crippen LogP contribution is 2.05. The van der Waals surface area contributed by atoms with Crippen LogP contribution in [-0.2, 0) is 0 Å². The molecule has 0 aromatic rings. The van der Waals surface area contributed by atoms with Crippen LogP contribution in [0.1, 0.15) is 13.8 Å². The average Bonchev–Trinajstić information content (AvgIpc) is 2.38. The highest BCUT2D eigenvalue weighted by Gasteiger charge is 2.15. The van der Waals surface area contributed by atoms with Crippen molar-refractivity contribution in [3.05, 3.63) is 23.7 Å². The van der Waals surface area contributed by atoms with Crippen LogP contribution in [0.4, 0.5) is 0 Å². The topological polar surface area (TPSA) is 78.8 Å². The van der Waals surface area contributed by atoms with Gasteiger partial charge in [0.15, 0.2) is 0 Å². The average molecular weight is 242 g/mol. The van der Waals surface area contributed by atoms with E-state index in [4.69, 9.17) is 16.6 Å². The first-order valence-corrected chi connectivity index (χ1v) is 5.95. The number of aliphatic hydroxyl groups excluding tert-OH is 1. The summed E-state index contributed by atoms with van der Waals surface area (Å²) in [7, 11) is 1.00. The number of allylic oxidation sites excluding steroid dienone is 3. The molecule has 1 aliphatic rings. The summed E-state index contributed by atoms with van der Waals surface area (Å²) >= 11 is 0. The number of hydrogen-bond donors (Lipinski definition) is 3. The van der Waals surface area contributed by atoms with Crippen LogP contribution in [-0.4, -0.2) is 54.7 Å². The third-order valence-electron chi connectivity index (χ3n) is 2.70. The Hall–Kier alpha value is -1.20. The summed E-state index contributed by atoms with van der Waals surface area (Å²) in [5, 5.41) is 7.00. The monoisotopic (exact) mass is 242 g/mol. The number of likely N-dealkylation sites (N-methyl/N-ethyl adjacent to an activating group) is 1. The zero-order valence-corrected chi connectivity index (χ0v) is 11.2. The maximum Gasteiger partial charge on any atom is 0.0987 e. The number of aliphatic hydroxyl groups is 1. The van der Waals surface area contributed by atoms with Crippen molar-refractivity contribution in [1.29, 1.82) is 0 Å². The first kappa shape index (κ1) is 15.8. The third-order valence-corrected chi connectivity index (χ3v) is 2.70. The Morgan fingerprint density at radius 3 is 2.06 bits per heavy atom. The van der Waals surface area contributed by atoms with Crippen LogP contribution in [0.2, 0.25) is 0 Å². The fraction of sp³-hybridized carbons (Fsp3) is 0.667. The summed E-state index contributed by atoms with van der Waals surface area (Å²) in [6, 6.07) is 0. The van der Waals surface area contributed by atoms with E-state index in [-0.39, 0.29) is 0 Å². The molecule has 0 unspecified atom stereocenters. The minimum absolute atomic E-state index is 0.783. The fourth-order valence-electron chi connectivity index (χ4n) is 1.64. The Kier molecular flexibility index (Phi) is 8.27. The standard InChI is InChI=1S/C11H22N4.CH4O/c1-3-14-6-8-15(9-7-14)11(13)5-4-10(2)12;1-2/h4-5H,3,6-9,12-13H2,1-2H3;2H,1H3/b10-4-,11-5+;. The highest BCUT2D eigenvalue weighted by molar-refractivity contribution is 5.12. The predicted molar refractivity (Wildman–Crippen MR) is 72.0 cm³/mol. The Bertz CT molecular complexity index is 251. The SMILES string of the molecule is CCN1CCN(/C(N)=C/C=C(/C)N)CC1.CO. The molecular formula is C12H26N4O.